The first kappa shape index (κ1) is 57.6. The molecule has 0 aromatic heterocycles. The van der Waals surface area contributed by atoms with Crippen LogP contribution in [0.2, 0.25) is 0 Å². The second-order valence-electron chi connectivity index (χ2n) is 17.6. The van der Waals surface area contributed by atoms with Crippen LogP contribution >= 0.6 is 0 Å². The lowest BCUT2D eigenvalue weighted by atomic mass is 9.96. The van der Waals surface area contributed by atoms with Gasteiger partial charge in [-0.3, -0.25) is 4.79 Å². The smallest absolute Gasteiger partial charge is 0.220 e. The summed E-state index contributed by atoms with van der Waals surface area (Å²) in [5.41, 5.74) is 0. The van der Waals surface area contributed by atoms with E-state index in [9.17, 15) is 61.0 Å². The molecule has 0 aromatic carbocycles. The van der Waals surface area contributed by atoms with E-state index >= 15 is 0 Å². The van der Waals surface area contributed by atoms with Gasteiger partial charge in [-0.15, -0.1) is 0 Å². The highest BCUT2D eigenvalue weighted by Gasteiger charge is 2.53. The van der Waals surface area contributed by atoms with E-state index in [-0.39, 0.29) is 18.9 Å². The van der Waals surface area contributed by atoms with Gasteiger partial charge in [-0.2, -0.15) is 0 Å². The summed E-state index contributed by atoms with van der Waals surface area (Å²) in [5, 5.41) is 119. The first-order chi connectivity index (χ1) is 31.3. The molecule has 19 heteroatoms. The largest absolute Gasteiger partial charge is 0.394 e. The number of aliphatic hydroxyl groups is 11. The van der Waals surface area contributed by atoms with Crippen LogP contribution in [0.4, 0.5) is 0 Å². The number of carbonyl (C=O) groups excluding carboxylic acids is 1. The Bertz CT molecular complexity index is 1310. The Labute approximate surface area is 384 Å². The second-order valence-corrected chi connectivity index (χ2v) is 17.6. The van der Waals surface area contributed by atoms with Gasteiger partial charge in [-0.05, 0) is 44.9 Å². The molecule has 0 aliphatic carbocycles. The Balaban J connectivity index is 1.47. The Morgan fingerprint density at radius 1 is 0.554 bits per heavy atom. The Hall–Kier alpha value is -1.73. The summed E-state index contributed by atoms with van der Waals surface area (Å²) in [4.78, 5) is 13.0. The lowest BCUT2D eigenvalue weighted by Crippen LogP contribution is -2.66. The average Bonchev–Trinajstić information content (AvgIpc) is 3.30. The van der Waals surface area contributed by atoms with Crippen molar-refractivity contribution in [1.82, 2.24) is 5.32 Å². The van der Waals surface area contributed by atoms with Crippen molar-refractivity contribution in [3.63, 3.8) is 0 Å². The fourth-order valence-corrected chi connectivity index (χ4v) is 8.16. The lowest BCUT2D eigenvalue weighted by molar-refractivity contribution is -0.379. The van der Waals surface area contributed by atoms with Gasteiger partial charge in [0.15, 0.2) is 18.9 Å². The fourth-order valence-electron chi connectivity index (χ4n) is 8.16. The normalized spacial score (nSPS) is 34.3. The van der Waals surface area contributed by atoms with Gasteiger partial charge in [0, 0.05) is 6.42 Å². The van der Waals surface area contributed by atoms with E-state index in [4.69, 9.17) is 28.4 Å². The summed E-state index contributed by atoms with van der Waals surface area (Å²) in [6.45, 7) is 1.52. The van der Waals surface area contributed by atoms with Crippen LogP contribution in [0.1, 0.15) is 129 Å². The maximum Gasteiger partial charge on any atom is 0.220 e. The molecular weight excluding hydrogens is 854 g/mol. The molecule has 12 N–H and O–H groups in total. The minimum Gasteiger partial charge on any atom is -0.394 e. The molecule has 0 bridgehead atoms. The minimum atomic E-state index is -1.97. The van der Waals surface area contributed by atoms with Gasteiger partial charge in [0.25, 0.3) is 0 Å². The van der Waals surface area contributed by atoms with Crippen LogP contribution in [0.15, 0.2) is 24.3 Å². The van der Waals surface area contributed by atoms with Crippen molar-refractivity contribution in [2.24, 2.45) is 0 Å². The van der Waals surface area contributed by atoms with E-state index in [2.05, 4.69) is 36.5 Å². The molecular formula is C46H83NO18. The first-order valence-electron chi connectivity index (χ1n) is 24.1. The van der Waals surface area contributed by atoms with Crippen LogP contribution in [0.25, 0.3) is 0 Å². The molecule has 0 aromatic rings. The quantitative estimate of drug-likeness (QED) is 0.0322. The van der Waals surface area contributed by atoms with Crippen LogP contribution in [0.5, 0.6) is 0 Å². The number of allylic oxidation sites excluding steroid dienone is 4. The van der Waals surface area contributed by atoms with Crippen molar-refractivity contribution in [2.75, 3.05) is 26.4 Å². The number of hydrogen-bond acceptors (Lipinski definition) is 18. The molecule has 0 saturated carbocycles. The van der Waals surface area contributed by atoms with Crippen LogP contribution in [0, 0.1) is 0 Å². The SMILES string of the molecule is CCCCC/C=C\C/C=C\CCCCCCCCCC(=O)NC(COC1OC(CO)C(OC2OC(CO)C(OC3OC(CO)C(O)C(O)C3O)C(O)C2O)C(O)C1O)C(O)CCCCC. The first-order valence-corrected chi connectivity index (χ1v) is 24.1. The number of nitrogens with one attached hydrogen (secondary N) is 1. The number of aliphatic hydroxyl groups excluding tert-OH is 11. The maximum atomic E-state index is 13.0. The third-order valence-electron chi connectivity index (χ3n) is 12.3. The van der Waals surface area contributed by atoms with Crippen LogP contribution in [-0.2, 0) is 33.2 Å². The molecule has 19 nitrogen and oxygen atoms in total. The predicted octanol–water partition coefficient (Wildman–Crippen LogP) is 0.471. The van der Waals surface area contributed by atoms with Gasteiger partial charge in [-0.1, -0.05) is 102 Å². The van der Waals surface area contributed by atoms with Gasteiger partial charge in [0.2, 0.25) is 5.91 Å². The van der Waals surface area contributed by atoms with Crippen LogP contribution < -0.4 is 5.32 Å². The van der Waals surface area contributed by atoms with E-state index in [1.807, 2.05) is 6.92 Å². The standard InChI is InChI=1S/C46H83NO18/c1-3-5-7-8-9-10-11-12-13-14-15-16-17-18-19-20-22-24-34(52)47-29(30(51)23-21-6-4-2)28-60-44-40(58)37(55)42(32(26-49)62-44)65-46-41(59)38(56)43(33(27-50)63-46)64-45-39(57)36(54)35(53)31(25-48)61-45/h9-10,12-13,29-33,35-46,48-51,53-59H,3-8,11,14-28H2,1-2H3,(H,47,52)/b10-9-,13-12-. The highest BCUT2D eigenvalue weighted by atomic mass is 16.8. The summed E-state index contributed by atoms with van der Waals surface area (Å²) in [5.74, 6) is -0.266. The Morgan fingerprint density at radius 3 is 1.57 bits per heavy atom. The summed E-state index contributed by atoms with van der Waals surface area (Å²) in [6.07, 6.45) is -0.199. The minimum absolute atomic E-state index is 0.254. The van der Waals surface area contributed by atoms with Crippen molar-refractivity contribution in [3.05, 3.63) is 24.3 Å². The third kappa shape index (κ3) is 18.9. The van der Waals surface area contributed by atoms with E-state index in [1.54, 1.807) is 0 Å². The van der Waals surface area contributed by atoms with Crippen molar-refractivity contribution >= 4 is 5.91 Å². The monoisotopic (exact) mass is 938 g/mol. The summed E-state index contributed by atoms with van der Waals surface area (Å²) >= 11 is 0. The molecule has 1 amide bonds. The zero-order chi connectivity index (χ0) is 47.7. The second kappa shape index (κ2) is 32.2. The molecule has 3 aliphatic heterocycles. The molecule has 3 saturated heterocycles. The van der Waals surface area contributed by atoms with Gasteiger partial charge in [0.05, 0.1) is 38.6 Å². The number of ether oxygens (including phenoxy) is 6. The highest BCUT2D eigenvalue weighted by molar-refractivity contribution is 5.76. The van der Waals surface area contributed by atoms with Gasteiger partial charge >= 0.3 is 0 Å². The Kier molecular flexibility index (Phi) is 28.5. The number of rotatable bonds is 32. The summed E-state index contributed by atoms with van der Waals surface area (Å²) in [6, 6.07) is -0.884. The van der Waals surface area contributed by atoms with E-state index < -0.39 is 124 Å². The topological polar surface area (TPSA) is 307 Å². The molecule has 65 heavy (non-hydrogen) atoms. The van der Waals surface area contributed by atoms with Crippen molar-refractivity contribution in [2.45, 2.75) is 234 Å². The molecule has 3 fully saturated rings. The van der Waals surface area contributed by atoms with Crippen LogP contribution in [-0.4, -0.2) is 193 Å². The lowest BCUT2D eigenvalue weighted by Gasteiger charge is -2.48. The van der Waals surface area contributed by atoms with Crippen LogP contribution in [0.3, 0.4) is 0 Å². The molecule has 3 aliphatic rings. The van der Waals surface area contributed by atoms with E-state index in [0.29, 0.717) is 19.3 Å². The zero-order valence-electron chi connectivity index (χ0n) is 38.5. The summed E-state index contributed by atoms with van der Waals surface area (Å²) in [7, 11) is 0. The predicted molar refractivity (Wildman–Crippen MR) is 236 cm³/mol. The average molecular weight is 938 g/mol. The number of carbonyl (C=O) groups is 1. The molecule has 3 heterocycles. The summed E-state index contributed by atoms with van der Waals surface area (Å²) < 4.78 is 33.9. The molecule has 380 valence electrons. The van der Waals surface area contributed by atoms with Crippen molar-refractivity contribution in [3.8, 4) is 0 Å². The number of amides is 1. The maximum absolute atomic E-state index is 13.0. The van der Waals surface area contributed by atoms with Gasteiger partial charge in [0.1, 0.15) is 73.2 Å². The molecule has 3 rings (SSSR count). The molecule has 0 spiro atoms. The van der Waals surface area contributed by atoms with Crippen molar-refractivity contribution in [1.29, 1.82) is 0 Å². The fraction of sp³-hybridized carbons (Fsp3) is 0.891. The van der Waals surface area contributed by atoms with E-state index in [0.717, 1.165) is 64.2 Å². The van der Waals surface area contributed by atoms with E-state index in [1.165, 1.54) is 25.7 Å². The number of hydrogen-bond donors (Lipinski definition) is 12. The molecule has 17 atom stereocenters. The van der Waals surface area contributed by atoms with Gasteiger partial charge in [-0.25, -0.2) is 0 Å². The van der Waals surface area contributed by atoms with Gasteiger partial charge < -0.3 is 89.9 Å². The third-order valence-corrected chi connectivity index (χ3v) is 12.3. The highest BCUT2D eigenvalue weighted by Crippen LogP contribution is 2.33. The Morgan fingerprint density at radius 2 is 1.02 bits per heavy atom. The molecule has 17 unspecified atom stereocenters. The number of unbranched alkanes of at least 4 members (excludes halogenated alkanes) is 12. The molecule has 0 radical (unpaired) electrons. The van der Waals surface area contributed by atoms with Crippen molar-refractivity contribution < 1.29 is 89.4 Å². The zero-order valence-corrected chi connectivity index (χ0v) is 38.5.